The molecular weight excluding hydrogens is 294 g/mol. The Kier molecular flexibility index (Phi) is 4.84. The molecule has 3 saturated heterocycles. The second kappa shape index (κ2) is 7.40. The molecule has 2 bridgehead atoms. The quantitative estimate of drug-likeness (QED) is 0.775. The van der Waals surface area contributed by atoms with Crippen molar-refractivity contribution in [2.75, 3.05) is 19.7 Å². The third-order valence-electron chi connectivity index (χ3n) is 5.67. The van der Waals surface area contributed by atoms with E-state index in [0.29, 0.717) is 0 Å². The SMILES string of the molecule is c1ccc(Cc2ccc(OCCC3CC4CCN3CC4)cc2)cc1. The van der Waals surface area contributed by atoms with Crippen LogP contribution in [0.2, 0.25) is 0 Å². The lowest BCUT2D eigenvalue weighted by Crippen LogP contribution is -2.49. The van der Waals surface area contributed by atoms with Gasteiger partial charge in [-0.1, -0.05) is 42.5 Å². The zero-order valence-electron chi connectivity index (χ0n) is 14.4. The summed E-state index contributed by atoms with van der Waals surface area (Å²) in [6.07, 6.45) is 6.38. The van der Waals surface area contributed by atoms with Gasteiger partial charge in [-0.05, 0) is 74.4 Å². The molecule has 3 heterocycles. The van der Waals surface area contributed by atoms with Gasteiger partial charge in [0, 0.05) is 6.04 Å². The van der Waals surface area contributed by atoms with Crippen LogP contribution in [-0.4, -0.2) is 30.6 Å². The fraction of sp³-hybridized carbons (Fsp3) is 0.455. The highest BCUT2D eigenvalue weighted by Crippen LogP contribution is 2.33. The summed E-state index contributed by atoms with van der Waals surface area (Å²) in [6.45, 7) is 3.46. The van der Waals surface area contributed by atoms with Gasteiger partial charge in [-0.15, -0.1) is 0 Å². The predicted octanol–water partition coefficient (Wildman–Crippen LogP) is 4.53. The molecule has 2 nitrogen and oxygen atoms in total. The van der Waals surface area contributed by atoms with Crippen LogP contribution in [0.4, 0.5) is 0 Å². The fourth-order valence-corrected chi connectivity index (χ4v) is 4.24. The van der Waals surface area contributed by atoms with Crippen LogP contribution in [0.5, 0.6) is 5.75 Å². The molecule has 0 saturated carbocycles. The van der Waals surface area contributed by atoms with E-state index in [-0.39, 0.29) is 0 Å². The van der Waals surface area contributed by atoms with Gasteiger partial charge in [0.05, 0.1) is 6.61 Å². The van der Waals surface area contributed by atoms with Crippen LogP contribution in [0.1, 0.15) is 36.8 Å². The number of ether oxygens (including phenoxy) is 1. The van der Waals surface area contributed by atoms with Crippen molar-refractivity contribution in [3.8, 4) is 5.75 Å². The van der Waals surface area contributed by atoms with Crippen LogP contribution in [0, 0.1) is 5.92 Å². The summed E-state index contributed by atoms with van der Waals surface area (Å²) in [5.41, 5.74) is 2.69. The van der Waals surface area contributed by atoms with Crippen molar-refractivity contribution in [3.63, 3.8) is 0 Å². The molecule has 3 fully saturated rings. The van der Waals surface area contributed by atoms with Gasteiger partial charge in [0.15, 0.2) is 0 Å². The summed E-state index contributed by atoms with van der Waals surface area (Å²) >= 11 is 0. The first-order valence-electron chi connectivity index (χ1n) is 9.36. The normalized spacial score (nSPS) is 25.6. The van der Waals surface area contributed by atoms with E-state index in [9.17, 15) is 0 Å². The minimum Gasteiger partial charge on any atom is -0.494 e. The molecular formula is C22H27NO. The first-order valence-corrected chi connectivity index (χ1v) is 9.36. The molecule has 1 atom stereocenters. The number of hydrogen-bond acceptors (Lipinski definition) is 2. The van der Waals surface area contributed by atoms with Crippen molar-refractivity contribution >= 4 is 0 Å². The minimum atomic E-state index is 0.759. The standard InChI is InChI=1S/C22H27NO/c1-2-4-18(5-3-1)16-19-6-8-22(9-7-19)24-15-12-21-17-20-10-13-23(21)14-11-20/h1-9,20-21H,10-17H2. The minimum absolute atomic E-state index is 0.759. The first kappa shape index (κ1) is 15.7. The summed E-state index contributed by atoms with van der Waals surface area (Å²) in [6, 6.07) is 20.0. The van der Waals surface area contributed by atoms with E-state index in [1.54, 1.807) is 0 Å². The maximum Gasteiger partial charge on any atom is 0.119 e. The molecule has 3 aliphatic heterocycles. The highest BCUT2D eigenvalue weighted by molar-refractivity contribution is 5.31. The summed E-state index contributed by atoms with van der Waals surface area (Å²) in [7, 11) is 0. The molecule has 1 unspecified atom stereocenters. The summed E-state index contributed by atoms with van der Waals surface area (Å²) in [4.78, 5) is 2.67. The molecule has 0 radical (unpaired) electrons. The van der Waals surface area contributed by atoms with Crippen molar-refractivity contribution in [1.82, 2.24) is 4.90 Å². The van der Waals surface area contributed by atoms with Gasteiger partial charge in [0.1, 0.15) is 5.75 Å². The monoisotopic (exact) mass is 321 g/mol. The molecule has 0 spiro atoms. The Bertz CT molecular complexity index is 629. The van der Waals surface area contributed by atoms with E-state index in [0.717, 1.165) is 30.7 Å². The Labute approximate surface area is 145 Å². The molecule has 24 heavy (non-hydrogen) atoms. The van der Waals surface area contributed by atoms with E-state index in [2.05, 4.69) is 59.5 Å². The summed E-state index contributed by atoms with van der Waals surface area (Å²) in [5.74, 6) is 1.99. The zero-order valence-corrected chi connectivity index (χ0v) is 14.4. The highest BCUT2D eigenvalue weighted by Gasteiger charge is 2.32. The number of hydrogen-bond donors (Lipinski definition) is 0. The van der Waals surface area contributed by atoms with Crippen molar-refractivity contribution in [1.29, 1.82) is 0 Å². The van der Waals surface area contributed by atoms with Gasteiger partial charge in [-0.2, -0.15) is 0 Å². The van der Waals surface area contributed by atoms with E-state index < -0.39 is 0 Å². The van der Waals surface area contributed by atoms with Crippen molar-refractivity contribution in [3.05, 3.63) is 65.7 Å². The lowest BCUT2D eigenvalue weighted by Gasteiger charge is -2.45. The number of fused-ring (bicyclic) bond motifs is 3. The molecule has 0 amide bonds. The number of rotatable bonds is 6. The van der Waals surface area contributed by atoms with Crippen LogP contribution in [0.15, 0.2) is 54.6 Å². The lowest BCUT2D eigenvalue weighted by atomic mass is 9.82. The van der Waals surface area contributed by atoms with E-state index in [1.165, 1.54) is 49.9 Å². The van der Waals surface area contributed by atoms with Crippen LogP contribution in [-0.2, 0) is 6.42 Å². The second-order valence-corrected chi connectivity index (χ2v) is 7.31. The number of piperidine rings is 3. The Morgan fingerprint density at radius 1 is 0.875 bits per heavy atom. The molecule has 3 aliphatic rings. The van der Waals surface area contributed by atoms with Gasteiger partial charge >= 0.3 is 0 Å². The molecule has 2 aromatic carbocycles. The van der Waals surface area contributed by atoms with E-state index in [1.807, 2.05) is 0 Å². The lowest BCUT2D eigenvalue weighted by molar-refractivity contribution is 0.0380. The number of nitrogens with zero attached hydrogens (tertiary/aromatic N) is 1. The van der Waals surface area contributed by atoms with Crippen LogP contribution >= 0.6 is 0 Å². The maximum atomic E-state index is 5.99. The molecule has 0 N–H and O–H groups in total. The third-order valence-corrected chi connectivity index (χ3v) is 5.67. The molecule has 0 aliphatic carbocycles. The Morgan fingerprint density at radius 3 is 2.25 bits per heavy atom. The number of benzene rings is 2. The highest BCUT2D eigenvalue weighted by atomic mass is 16.5. The average molecular weight is 321 g/mol. The van der Waals surface area contributed by atoms with E-state index >= 15 is 0 Å². The van der Waals surface area contributed by atoms with Gasteiger partial charge in [-0.3, -0.25) is 0 Å². The molecule has 5 rings (SSSR count). The van der Waals surface area contributed by atoms with Crippen LogP contribution in [0.25, 0.3) is 0 Å². The summed E-state index contributed by atoms with van der Waals surface area (Å²) in [5, 5.41) is 0. The van der Waals surface area contributed by atoms with E-state index in [4.69, 9.17) is 4.74 Å². The summed E-state index contributed by atoms with van der Waals surface area (Å²) < 4.78 is 5.99. The molecule has 2 aromatic rings. The Morgan fingerprint density at radius 2 is 1.58 bits per heavy atom. The third kappa shape index (κ3) is 3.81. The van der Waals surface area contributed by atoms with Crippen LogP contribution < -0.4 is 4.74 Å². The van der Waals surface area contributed by atoms with Gasteiger partial charge < -0.3 is 9.64 Å². The Balaban J connectivity index is 1.25. The molecule has 2 heteroatoms. The van der Waals surface area contributed by atoms with Gasteiger partial charge in [0.2, 0.25) is 0 Å². The fourth-order valence-electron chi connectivity index (χ4n) is 4.24. The maximum absolute atomic E-state index is 5.99. The van der Waals surface area contributed by atoms with Gasteiger partial charge in [0.25, 0.3) is 0 Å². The predicted molar refractivity (Wildman–Crippen MR) is 98.5 cm³/mol. The van der Waals surface area contributed by atoms with Crippen molar-refractivity contribution in [2.24, 2.45) is 5.92 Å². The first-order chi connectivity index (χ1) is 11.9. The van der Waals surface area contributed by atoms with Crippen LogP contribution in [0.3, 0.4) is 0 Å². The zero-order chi connectivity index (χ0) is 16.2. The average Bonchev–Trinajstić information content (AvgIpc) is 2.65. The molecule has 126 valence electrons. The largest absolute Gasteiger partial charge is 0.494 e. The Hall–Kier alpha value is -1.80. The topological polar surface area (TPSA) is 12.5 Å². The van der Waals surface area contributed by atoms with Crippen molar-refractivity contribution < 1.29 is 4.74 Å². The van der Waals surface area contributed by atoms with Crippen molar-refractivity contribution in [2.45, 2.75) is 38.1 Å². The molecule has 0 aromatic heterocycles. The second-order valence-electron chi connectivity index (χ2n) is 7.31. The van der Waals surface area contributed by atoms with Gasteiger partial charge in [-0.25, -0.2) is 0 Å². The smallest absolute Gasteiger partial charge is 0.119 e.